The molecular formula is C16H25FN2O. The molecule has 0 amide bonds. The Labute approximate surface area is 121 Å². The van der Waals surface area contributed by atoms with Crippen molar-refractivity contribution in [2.75, 3.05) is 24.7 Å². The number of hydrogen-bond donors (Lipinski definition) is 1. The van der Waals surface area contributed by atoms with Gasteiger partial charge in [0.25, 0.3) is 0 Å². The van der Waals surface area contributed by atoms with Gasteiger partial charge in [-0.3, -0.25) is 0 Å². The van der Waals surface area contributed by atoms with Crippen LogP contribution in [0.4, 0.5) is 10.1 Å². The van der Waals surface area contributed by atoms with Crippen molar-refractivity contribution in [3.8, 4) is 0 Å². The van der Waals surface area contributed by atoms with E-state index in [-0.39, 0.29) is 11.4 Å². The minimum atomic E-state index is -0.180. The molecule has 0 aromatic heterocycles. The number of morpholine rings is 1. The molecule has 1 saturated heterocycles. The van der Waals surface area contributed by atoms with Crippen molar-refractivity contribution in [1.29, 1.82) is 0 Å². The summed E-state index contributed by atoms with van der Waals surface area (Å²) in [7, 11) is 0. The second-order valence-electron chi connectivity index (χ2n) is 6.49. The molecule has 112 valence electrons. The molecule has 0 saturated carbocycles. The van der Waals surface area contributed by atoms with Gasteiger partial charge in [0.1, 0.15) is 5.82 Å². The highest BCUT2D eigenvalue weighted by Crippen LogP contribution is 2.25. The zero-order chi connectivity index (χ0) is 14.8. The smallest absolute Gasteiger partial charge is 0.123 e. The highest BCUT2D eigenvalue weighted by Gasteiger charge is 2.22. The second-order valence-corrected chi connectivity index (χ2v) is 6.49. The third kappa shape index (κ3) is 3.93. The van der Waals surface area contributed by atoms with Crippen LogP contribution >= 0.6 is 0 Å². The van der Waals surface area contributed by atoms with Crippen molar-refractivity contribution in [2.24, 2.45) is 0 Å². The molecule has 1 aromatic carbocycles. The molecule has 1 aromatic rings. The number of anilines is 1. The quantitative estimate of drug-likeness (QED) is 0.921. The molecule has 0 spiro atoms. The molecule has 0 radical (unpaired) electrons. The summed E-state index contributed by atoms with van der Waals surface area (Å²) in [5.41, 5.74) is 2.13. The van der Waals surface area contributed by atoms with Crippen LogP contribution in [-0.4, -0.2) is 31.3 Å². The van der Waals surface area contributed by atoms with E-state index in [1.54, 1.807) is 6.07 Å². The molecule has 0 aliphatic carbocycles. The summed E-state index contributed by atoms with van der Waals surface area (Å²) in [6, 6.07) is 5.38. The van der Waals surface area contributed by atoms with Gasteiger partial charge >= 0.3 is 0 Å². The van der Waals surface area contributed by atoms with Gasteiger partial charge in [0.2, 0.25) is 0 Å². The molecule has 3 nitrogen and oxygen atoms in total. The van der Waals surface area contributed by atoms with Gasteiger partial charge in [0.05, 0.1) is 13.2 Å². The van der Waals surface area contributed by atoms with E-state index in [4.69, 9.17) is 4.74 Å². The Morgan fingerprint density at radius 3 is 2.80 bits per heavy atom. The Hall–Kier alpha value is -1.13. The lowest BCUT2D eigenvalue weighted by Crippen LogP contribution is -2.44. The zero-order valence-corrected chi connectivity index (χ0v) is 12.9. The van der Waals surface area contributed by atoms with E-state index >= 15 is 0 Å². The van der Waals surface area contributed by atoms with Crippen LogP contribution in [-0.2, 0) is 11.3 Å². The number of halogens is 1. The van der Waals surface area contributed by atoms with Gasteiger partial charge in [-0.1, -0.05) is 0 Å². The third-order valence-electron chi connectivity index (χ3n) is 3.53. The molecule has 1 fully saturated rings. The van der Waals surface area contributed by atoms with Gasteiger partial charge in [-0.05, 0) is 51.5 Å². The lowest BCUT2D eigenvalue weighted by molar-refractivity contribution is 0.0988. The number of hydrogen-bond acceptors (Lipinski definition) is 3. The predicted octanol–water partition coefficient (Wildman–Crippen LogP) is 2.94. The van der Waals surface area contributed by atoms with Crippen molar-refractivity contribution in [3.63, 3.8) is 0 Å². The first-order valence-corrected chi connectivity index (χ1v) is 7.25. The molecule has 1 atom stereocenters. The highest BCUT2D eigenvalue weighted by molar-refractivity contribution is 5.55. The van der Waals surface area contributed by atoms with Crippen molar-refractivity contribution in [2.45, 2.75) is 45.8 Å². The van der Waals surface area contributed by atoms with E-state index in [1.807, 2.05) is 6.07 Å². The van der Waals surface area contributed by atoms with Gasteiger partial charge in [-0.2, -0.15) is 0 Å². The van der Waals surface area contributed by atoms with Gasteiger partial charge in [-0.15, -0.1) is 0 Å². The maximum atomic E-state index is 13.6. The van der Waals surface area contributed by atoms with Crippen LogP contribution in [0.25, 0.3) is 0 Å². The maximum absolute atomic E-state index is 13.6. The van der Waals surface area contributed by atoms with E-state index in [0.29, 0.717) is 12.6 Å². The Bertz CT molecular complexity index is 456. The average molecular weight is 280 g/mol. The van der Waals surface area contributed by atoms with Crippen LogP contribution < -0.4 is 10.2 Å². The van der Waals surface area contributed by atoms with Crippen molar-refractivity contribution >= 4 is 5.69 Å². The highest BCUT2D eigenvalue weighted by atomic mass is 19.1. The summed E-state index contributed by atoms with van der Waals surface area (Å²) < 4.78 is 19.0. The molecule has 1 heterocycles. The Morgan fingerprint density at radius 2 is 2.15 bits per heavy atom. The van der Waals surface area contributed by atoms with Crippen LogP contribution in [0.3, 0.4) is 0 Å². The summed E-state index contributed by atoms with van der Waals surface area (Å²) in [5, 5.41) is 3.44. The van der Waals surface area contributed by atoms with Crippen LogP contribution in [0.1, 0.15) is 33.3 Å². The standard InChI is InChI=1S/C16H25FN2O/c1-12-11-20-8-7-19(12)15-6-5-14(17)9-13(15)10-18-16(2,3)4/h5-6,9,12,18H,7-8,10-11H2,1-4H3. The molecule has 1 unspecified atom stereocenters. The lowest BCUT2D eigenvalue weighted by Gasteiger charge is -2.37. The number of rotatable bonds is 3. The molecule has 4 heteroatoms. The lowest BCUT2D eigenvalue weighted by atomic mass is 10.1. The van der Waals surface area contributed by atoms with E-state index in [2.05, 4.69) is 37.9 Å². The fourth-order valence-corrected chi connectivity index (χ4v) is 2.42. The first-order chi connectivity index (χ1) is 9.37. The topological polar surface area (TPSA) is 24.5 Å². The van der Waals surface area contributed by atoms with Crippen molar-refractivity contribution < 1.29 is 9.13 Å². The molecule has 20 heavy (non-hydrogen) atoms. The van der Waals surface area contributed by atoms with Gasteiger partial charge < -0.3 is 15.0 Å². The first kappa shape index (κ1) is 15.3. The fourth-order valence-electron chi connectivity index (χ4n) is 2.42. The minimum Gasteiger partial charge on any atom is -0.377 e. The van der Waals surface area contributed by atoms with E-state index < -0.39 is 0 Å². The van der Waals surface area contributed by atoms with E-state index in [9.17, 15) is 4.39 Å². The van der Waals surface area contributed by atoms with Gasteiger partial charge in [-0.25, -0.2) is 4.39 Å². The first-order valence-electron chi connectivity index (χ1n) is 7.25. The minimum absolute atomic E-state index is 0.0141. The molecule has 1 N–H and O–H groups in total. The van der Waals surface area contributed by atoms with Crippen molar-refractivity contribution in [1.82, 2.24) is 5.32 Å². The van der Waals surface area contributed by atoms with Crippen molar-refractivity contribution in [3.05, 3.63) is 29.6 Å². The Morgan fingerprint density at radius 1 is 1.40 bits per heavy atom. The maximum Gasteiger partial charge on any atom is 0.123 e. The third-order valence-corrected chi connectivity index (χ3v) is 3.53. The van der Waals surface area contributed by atoms with Gasteiger partial charge in [0.15, 0.2) is 0 Å². The zero-order valence-electron chi connectivity index (χ0n) is 12.9. The Balaban J connectivity index is 2.23. The molecule has 0 bridgehead atoms. The Kier molecular flexibility index (Phi) is 4.66. The molecule has 1 aliphatic heterocycles. The summed E-state index contributed by atoms with van der Waals surface area (Å²) >= 11 is 0. The van der Waals surface area contributed by atoms with Crippen LogP contribution in [0.2, 0.25) is 0 Å². The number of nitrogens with zero attached hydrogens (tertiary/aromatic N) is 1. The second kappa shape index (κ2) is 6.10. The summed E-state index contributed by atoms with van der Waals surface area (Å²) in [4.78, 5) is 2.31. The molecule has 2 rings (SSSR count). The van der Waals surface area contributed by atoms with Crippen LogP contribution in [0.5, 0.6) is 0 Å². The normalized spacial score (nSPS) is 20.2. The summed E-state index contributed by atoms with van der Waals surface area (Å²) in [5.74, 6) is -0.180. The van der Waals surface area contributed by atoms with E-state index in [1.165, 1.54) is 6.07 Å². The van der Waals surface area contributed by atoms with Gasteiger partial charge in [0, 0.05) is 30.4 Å². The summed E-state index contributed by atoms with van der Waals surface area (Å²) in [6.07, 6.45) is 0. The SMILES string of the molecule is CC1COCCN1c1ccc(F)cc1CNC(C)(C)C. The number of ether oxygens (including phenoxy) is 1. The largest absolute Gasteiger partial charge is 0.377 e. The predicted molar refractivity (Wildman–Crippen MR) is 80.6 cm³/mol. The molecule has 1 aliphatic rings. The summed E-state index contributed by atoms with van der Waals surface area (Å²) in [6.45, 7) is 11.5. The fraction of sp³-hybridized carbons (Fsp3) is 0.625. The van der Waals surface area contributed by atoms with Crippen LogP contribution in [0, 0.1) is 5.82 Å². The van der Waals surface area contributed by atoms with E-state index in [0.717, 1.165) is 31.0 Å². The number of benzene rings is 1. The number of nitrogens with one attached hydrogen (secondary N) is 1. The molecular weight excluding hydrogens is 255 g/mol. The van der Waals surface area contributed by atoms with Crippen LogP contribution in [0.15, 0.2) is 18.2 Å². The monoisotopic (exact) mass is 280 g/mol. The average Bonchev–Trinajstić information content (AvgIpc) is 2.37.